The molecule has 1 heterocycles. The molecule has 1 fully saturated rings. The van der Waals surface area contributed by atoms with Crippen molar-refractivity contribution in [3.63, 3.8) is 0 Å². The minimum absolute atomic E-state index is 0.540. The van der Waals surface area contributed by atoms with Gasteiger partial charge in [-0.2, -0.15) is 0 Å². The third-order valence-corrected chi connectivity index (χ3v) is 4.15. The zero-order valence-electron chi connectivity index (χ0n) is 9.73. The molecule has 1 aromatic rings. The molecule has 0 bridgehead atoms. The highest BCUT2D eigenvalue weighted by atomic mass is 15.2. The van der Waals surface area contributed by atoms with Crippen molar-refractivity contribution in [3.05, 3.63) is 29.8 Å². The van der Waals surface area contributed by atoms with Gasteiger partial charge in [-0.25, -0.2) is 0 Å². The standard InChI is InChI=1S/C14H20N2/c15-9-13-8-12-6-1-2-7-14(12)16(13)10-11-4-3-5-11/h1-2,6-7,11,13H,3-5,8-10,15H2. The smallest absolute Gasteiger partial charge is 0.0453 e. The third kappa shape index (κ3) is 1.61. The van der Waals surface area contributed by atoms with E-state index in [-0.39, 0.29) is 0 Å². The van der Waals surface area contributed by atoms with Gasteiger partial charge < -0.3 is 10.6 Å². The predicted molar refractivity (Wildman–Crippen MR) is 67.7 cm³/mol. The highest BCUT2D eigenvalue weighted by Gasteiger charge is 2.31. The second kappa shape index (κ2) is 4.10. The van der Waals surface area contributed by atoms with Crippen molar-refractivity contribution in [2.75, 3.05) is 18.0 Å². The fourth-order valence-electron chi connectivity index (χ4n) is 2.94. The van der Waals surface area contributed by atoms with E-state index in [1.54, 1.807) is 0 Å². The van der Waals surface area contributed by atoms with E-state index in [0.717, 1.165) is 18.9 Å². The van der Waals surface area contributed by atoms with Crippen LogP contribution in [0.5, 0.6) is 0 Å². The summed E-state index contributed by atoms with van der Waals surface area (Å²) in [6, 6.07) is 9.32. The lowest BCUT2D eigenvalue weighted by atomic mass is 9.85. The van der Waals surface area contributed by atoms with E-state index < -0.39 is 0 Å². The van der Waals surface area contributed by atoms with Crippen LogP contribution in [0.15, 0.2) is 24.3 Å². The fraction of sp³-hybridized carbons (Fsp3) is 0.571. The summed E-state index contributed by atoms with van der Waals surface area (Å²) >= 11 is 0. The Labute approximate surface area is 97.4 Å². The maximum Gasteiger partial charge on any atom is 0.0453 e. The van der Waals surface area contributed by atoms with Gasteiger partial charge in [0.1, 0.15) is 0 Å². The van der Waals surface area contributed by atoms with Gasteiger partial charge in [-0.1, -0.05) is 24.6 Å². The first-order valence-corrected chi connectivity index (χ1v) is 6.43. The molecule has 1 atom stereocenters. The number of anilines is 1. The molecule has 1 aliphatic heterocycles. The first-order valence-electron chi connectivity index (χ1n) is 6.43. The SMILES string of the molecule is NCC1Cc2ccccc2N1CC1CCC1. The normalized spacial score (nSPS) is 24.3. The highest BCUT2D eigenvalue weighted by molar-refractivity contribution is 5.59. The van der Waals surface area contributed by atoms with Gasteiger partial charge in [0.15, 0.2) is 0 Å². The van der Waals surface area contributed by atoms with Crippen LogP contribution in [0.25, 0.3) is 0 Å². The highest BCUT2D eigenvalue weighted by Crippen LogP contribution is 2.35. The van der Waals surface area contributed by atoms with Crippen LogP contribution in [0, 0.1) is 5.92 Å². The summed E-state index contributed by atoms with van der Waals surface area (Å²) in [7, 11) is 0. The molecule has 0 radical (unpaired) electrons. The second-order valence-corrected chi connectivity index (χ2v) is 5.17. The van der Waals surface area contributed by atoms with Crippen LogP contribution < -0.4 is 10.6 Å². The van der Waals surface area contributed by atoms with Crippen molar-refractivity contribution >= 4 is 5.69 Å². The van der Waals surface area contributed by atoms with E-state index in [2.05, 4.69) is 29.2 Å². The number of rotatable bonds is 3. The summed E-state index contributed by atoms with van der Waals surface area (Å²) in [5.74, 6) is 0.917. The molecule has 0 spiro atoms. The monoisotopic (exact) mass is 216 g/mol. The summed E-state index contributed by atoms with van der Waals surface area (Å²) in [4.78, 5) is 2.55. The van der Waals surface area contributed by atoms with E-state index in [9.17, 15) is 0 Å². The van der Waals surface area contributed by atoms with E-state index in [1.165, 1.54) is 37.1 Å². The van der Waals surface area contributed by atoms with Crippen LogP contribution in [0.1, 0.15) is 24.8 Å². The summed E-state index contributed by atoms with van der Waals surface area (Å²) in [5.41, 5.74) is 8.82. The first kappa shape index (κ1) is 10.2. The summed E-state index contributed by atoms with van der Waals surface area (Å²) in [6.07, 6.45) is 5.39. The minimum Gasteiger partial charge on any atom is -0.366 e. The molecule has 1 saturated carbocycles. The van der Waals surface area contributed by atoms with E-state index in [0.29, 0.717) is 6.04 Å². The topological polar surface area (TPSA) is 29.3 Å². The number of hydrogen-bond donors (Lipinski definition) is 1. The molecule has 2 heteroatoms. The maximum atomic E-state index is 5.90. The molecule has 2 aliphatic rings. The second-order valence-electron chi connectivity index (χ2n) is 5.17. The number of nitrogens with two attached hydrogens (primary N) is 1. The summed E-state index contributed by atoms with van der Waals surface area (Å²) in [6.45, 7) is 2.00. The maximum absolute atomic E-state index is 5.90. The van der Waals surface area contributed by atoms with E-state index >= 15 is 0 Å². The Bertz CT molecular complexity index is 371. The van der Waals surface area contributed by atoms with E-state index in [1.807, 2.05) is 0 Å². The van der Waals surface area contributed by atoms with Gasteiger partial charge in [0, 0.05) is 24.8 Å². The van der Waals surface area contributed by atoms with Gasteiger partial charge >= 0.3 is 0 Å². The number of para-hydroxylation sites is 1. The van der Waals surface area contributed by atoms with Crippen LogP contribution in [-0.4, -0.2) is 19.1 Å². The Hall–Kier alpha value is -1.02. The lowest BCUT2D eigenvalue weighted by Crippen LogP contribution is -2.42. The van der Waals surface area contributed by atoms with Crippen molar-refractivity contribution in [3.8, 4) is 0 Å². The molecule has 3 rings (SSSR count). The largest absolute Gasteiger partial charge is 0.366 e. The Morgan fingerprint density at radius 1 is 1.25 bits per heavy atom. The lowest BCUT2D eigenvalue weighted by Gasteiger charge is -2.35. The Kier molecular flexibility index (Phi) is 2.60. The van der Waals surface area contributed by atoms with Crippen LogP contribution in [0.4, 0.5) is 5.69 Å². The molecule has 0 saturated heterocycles. The summed E-state index contributed by atoms with van der Waals surface area (Å²) in [5, 5.41) is 0. The van der Waals surface area contributed by atoms with Crippen LogP contribution in [0.2, 0.25) is 0 Å². The Balaban J connectivity index is 1.82. The van der Waals surface area contributed by atoms with Gasteiger partial charge in [-0.15, -0.1) is 0 Å². The van der Waals surface area contributed by atoms with Crippen LogP contribution in [-0.2, 0) is 6.42 Å². The Morgan fingerprint density at radius 2 is 2.06 bits per heavy atom. The molecule has 2 N–H and O–H groups in total. The van der Waals surface area contributed by atoms with Crippen LogP contribution in [0.3, 0.4) is 0 Å². The summed E-state index contributed by atoms with van der Waals surface area (Å²) < 4.78 is 0. The molecule has 1 aliphatic carbocycles. The Morgan fingerprint density at radius 3 is 2.75 bits per heavy atom. The van der Waals surface area contributed by atoms with Crippen LogP contribution >= 0.6 is 0 Å². The van der Waals surface area contributed by atoms with E-state index in [4.69, 9.17) is 5.73 Å². The predicted octanol–water partition coefficient (Wildman–Crippen LogP) is 2.18. The number of fused-ring (bicyclic) bond motifs is 1. The third-order valence-electron chi connectivity index (χ3n) is 4.15. The van der Waals surface area contributed by atoms with Gasteiger partial charge in [0.2, 0.25) is 0 Å². The van der Waals surface area contributed by atoms with Crippen molar-refractivity contribution in [2.24, 2.45) is 11.7 Å². The molecule has 1 aromatic carbocycles. The van der Waals surface area contributed by atoms with Gasteiger partial charge in [0.05, 0.1) is 0 Å². The van der Waals surface area contributed by atoms with Gasteiger partial charge in [0.25, 0.3) is 0 Å². The minimum atomic E-state index is 0.540. The number of hydrogen-bond acceptors (Lipinski definition) is 2. The quantitative estimate of drug-likeness (QED) is 0.839. The molecule has 0 amide bonds. The van der Waals surface area contributed by atoms with Crippen molar-refractivity contribution < 1.29 is 0 Å². The first-order chi connectivity index (χ1) is 7.88. The number of nitrogens with zero attached hydrogens (tertiary/aromatic N) is 1. The zero-order chi connectivity index (χ0) is 11.0. The molecule has 16 heavy (non-hydrogen) atoms. The average Bonchev–Trinajstić information content (AvgIpc) is 2.61. The molecule has 0 aromatic heterocycles. The molecule has 2 nitrogen and oxygen atoms in total. The van der Waals surface area contributed by atoms with Crippen molar-refractivity contribution in [2.45, 2.75) is 31.7 Å². The molecule has 1 unspecified atom stereocenters. The zero-order valence-corrected chi connectivity index (χ0v) is 9.73. The number of benzene rings is 1. The van der Waals surface area contributed by atoms with Gasteiger partial charge in [-0.3, -0.25) is 0 Å². The molecule has 86 valence electrons. The van der Waals surface area contributed by atoms with Gasteiger partial charge in [-0.05, 0) is 36.8 Å². The lowest BCUT2D eigenvalue weighted by molar-refractivity contribution is 0.312. The molecular formula is C14H20N2. The van der Waals surface area contributed by atoms with Crippen molar-refractivity contribution in [1.29, 1.82) is 0 Å². The average molecular weight is 216 g/mol. The molecular weight excluding hydrogens is 196 g/mol. The van der Waals surface area contributed by atoms with Crippen molar-refractivity contribution in [1.82, 2.24) is 0 Å². The fourth-order valence-corrected chi connectivity index (χ4v) is 2.94.